The van der Waals surface area contributed by atoms with E-state index in [1.807, 2.05) is 0 Å². The molecule has 104 valence electrons. The zero-order valence-corrected chi connectivity index (χ0v) is 10.5. The van der Waals surface area contributed by atoms with Gasteiger partial charge < -0.3 is 9.84 Å². The summed E-state index contributed by atoms with van der Waals surface area (Å²) in [5, 5.41) is 19.5. The fourth-order valence-corrected chi connectivity index (χ4v) is 1.68. The quantitative estimate of drug-likeness (QED) is 0.673. The molecule has 0 aliphatic carbocycles. The molecule has 0 amide bonds. The van der Waals surface area contributed by atoms with Gasteiger partial charge in [-0.25, -0.2) is 4.39 Å². The number of rotatable bonds is 5. The van der Waals surface area contributed by atoms with Gasteiger partial charge in [-0.1, -0.05) is 18.2 Å². The molecule has 0 fully saturated rings. The van der Waals surface area contributed by atoms with Gasteiger partial charge in [0.05, 0.1) is 11.5 Å². The summed E-state index contributed by atoms with van der Waals surface area (Å²) in [5.41, 5.74) is 0.984. The molecule has 0 aromatic heterocycles. The molecule has 0 aliphatic rings. The van der Waals surface area contributed by atoms with E-state index in [0.717, 1.165) is 0 Å². The second-order valence-corrected chi connectivity index (χ2v) is 4.14. The van der Waals surface area contributed by atoms with Gasteiger partial charge in [0.1, 0.15) is 6.61 Å². The van der Waals surface area contributed by atoms with Gasteiger partial charge in [-0.3, -0.25) is 10.1 Å². The number of benzene rings is 2. The molecule has 20 heavy (non-hydrogen) atoms. The third kappa shape index (κ3) is 3.30. The van der Waals surface area contributed by atoms with E-state index >= 15 is 0 Å². The van der Waals surface area contributed by atoms with Crippen LogP contribution >= 0.6 is 0 Å². The molecule has 0 aliphatic heterocycles. The van der Waals surface area contributed by atoms with Crippen molar-refractivity contribution in [3.63, 3.8) is 0 Å². The van der Waals surface area contributed by atoms with E-state index in [1.165, 1.54) is 24.3 Å². The molecule has 2 aromatic rings. The van der Waals surface area contributed by atoms with Crippen LogP contribution in [0.3, 0.4) is 0 Å². The molecule has 0 heterocycles. The van der Waals surface area contributed by atoms with Crippen LogP contribution in [-0.2, 0) is 13.2 Å². The van der Waals surface area contributed by atoms with Crippen molar-refractivity contribution in [2.45, 2.75) is 13.2 Å². The van der Waals surface area contributed by atoms with E-state index in [4.69, 9.17) is 9.84 Å². The first kappa shape index (κ1) is 14.0. The standard InChI is InChI=1S/C14H12FNO4/c15-13-7-10(8-17)4-5-14(13)20-9-11-2-1-3-12(6-11)16(18)19/h1-7,17H,8-9H2. The number of non-ortho nitro benzene ring substituents is 1. The Morgan fingerprint density at radius 3 is 2.65 bits per heavy atom. The van der Waals surface area contributed by atoms with E-state index in [2.05, 4.69) is 0 Å². The second kappa shape index (κ2) is 6.12. The van der Waals surface area contributed by atoms with Crippen LogP contribution in [0.2, 0.25) is 0 Å². The molecule has 2 aromatic carbocycles. The smallest absolute Gasteiger partial charge is 0.269 e. The molecule has 1 N–H and O–H groups in total. The van der Waals surface area contributed by atoms with E-state index in [9.17, 15) is 14.5 Å². The van der Waals surface area contributed by atoms with Crippen LogP contribution in [0, 0.1) is 15.9 Å². The summed E-state index contributed by atoms with van der Waals surface area (Å²) >= 11 is 0. The Hall–Kier alpha value is -2.47. The molecule has 5 nitrogen and oxygen atoms in total. The summed E-state index contributed by atoms with van der Waals surface area (Å²) in [7, 11) is 0. The van der Waals surface area contributed by atoms with Crippen molar-refractivity contribution in [3.8, 4) is 5.75 Å². The average Bonchev–Trinajstić information content (AvgIpc) is 2.46. The molecule has 0 saturated heterocycles. The molecule has 0 saturated carbocycles. The number of halogens is 1. The molecule has 0 unspecified atom stereocenters. The SMILES string of the molecule is O=[N+]([O-])c1cccc(COc2ccc(CO)cc2F)c1. The average molecular weight is 277 g/mol. The molecule has 0 spiro atoms. The third-order valence-corrected chi connectivity index (χ3v) is 2.69. The predicted octanol–water partition coefficient (Wildman–Crippen LogP) is 2.81. The van der Waals surface area contributed by atoms with Crippen LogP contribution in [0.15, 0.2) is 42.5 Å². The number of nitro benzene ring substituents is 1. The van der Waals surface area contributed by atoms with E-state index in [-0.39, 0.29) is 24.7 Å². The van der Waals surface area contributed by atoms with Gasteiger partial charge in [-0.2, -0.15) is 0 Å². The minimum Gasteiger partial charge on any atom is -0.486 e. The van der Waals surface area contributed by atoms with Crippen molar-refractivity contribution in [1.29, 1.82) is 0 Å². The van der Waals surface area contributed by atoms with Crippen LogP contribution in [0.5, 0.6) is 5.75 Å². The number of aliphatic hydroxyl groups is 1. The Labute approximate surface area is 114 Å². The van der Waals surface area contributed by atoms with Crippen molar-refractivity contribution in [2.24, 2.45) is 0 Å². The van der Waals surface area contributed by atoms with Crippen LogP contribution in [0.4, 0.5) is 10.1 Å². The van der Waals surface area contributed by atoms with Gasteiger partial charge in [-0.15, -0.1) is 0 Å². The second-order valence-electron chi connectivity index (χ2n) is 4.14. The summed E-state index contributed by atoms with van der Waals surface area (Å²) < 4.78 is 18.9. The van der Waals surface area contributed by atoms with E-state index in [1.54, 1.807) is 18.2 Å². The number of nitrogens with zero attached hydrogens (tertiary/aromatic N) is 1. The predicted molar refractivity (Wildman–Crippen MR) is 69.8 cm³/mol. The number of hydrogen-bond acceptors (Lipinski definition) is 4. The van der Waals surface area contributed by atoms with Crippen LogP contribution in [0.1, 0.15) is 11.1 Å². The van der Waals surface area contributed by atoms with Gasteiger partial charge in [0.25, 0.3) is 5.69 Å². The monoisotopic (exact) mass is 277 g/mol. The first-order chi connectivity index (χ1) is 9.60. The summed E-state index contributed by atoms with van der Waals surface area (Å²) in [6.07, 6.45) is 0. The highest BCUT2D eigenvalue weighted by molar-refractivity contribution is 5.34. The lowest BCUT2D eigenvalue weighted by Gasteiger charge is -2.08. The minimum absolute atomic E-state index is 0.0249. The highest BCUT2D eigenvalue weighted by atomic mass is 19.1. The Morgan fingerprint density at radius 1 is 1.20 bits per heavy atom. The fourth-order valence-electron chi connectivity index (χ4n) is 1.68. The number of hydrogen-bond donors (Lipinski definition) is 1. The lowest BCUT2D eigenvalue weighted by Crippen LogP contribution is -1.99. The summed E-state index contributed by atoms with van der Waals surface area (Å²) in [5.74, 6) is -0.546. The molecule has 0 atom stereocenters. The van der Waals surface area contributed by atoms with Crippen LogP contribution in [0.25, 0.3) is 0 Å². The van der Waals surface area contributed by atoms with Gasteiger partial charge in [0, 0.05) is 12.1 Å². The maximum absolute atomic E-state index is 13.6. The van der Waals surface area contributed by atoms with Crippen molar-refractivity contribution in [2.75, 3.05) is 0 Å². The lowest BCUT2D eigenvalue weighted by atomic mass is 10.2. The zero-order chi connectivity index (χ0) is 14.5. The highest BCUT2D eigenvalue weighted by Crippen LogP contribution is 2.21. The van der Waals surface area contributed by atoms with Crippen molar-refractivity contribution in [3.05, 3.63) is 69.5 Å². The van der Waals surface area contributed by atoms with Crippen molar-refractivity contribution < 1.29 is 19.2 Å². The Kier molecular flexibility index (Phi) is 4.27. The highest BCUT2D eigenvalue weighted by Gasteiger charge is 2.08. The first-order valence-electron chi connectivity index (χ1n) is 5.85. The summed E-state index contributed by atoms with van der Waals surface area (Å²) in [6.45, 7) is -0.223. The van der Waals surface area contributed by atoms with Gasteiger partial charge in [0.2, 0.25) is 0 Å². The van der Waals surface area contributed by atoms with Crippen LogP contribution < -0.4 is 4.74 Å². The summed E-state index contributed by atoms with van der Waals surface area (Å²) in [6, 6.07) is 10.1. The molecular weight excluding hydrogens is 265 g/mol. The van der Waals surface area contributed by atoms with E-state index < -0.39 is 10.7 Å². The normalized spacial score (nSPS) is 10.3. The van der Waals surface area contributed by atoms with Crippen LogP contribution in [-0.4, -0.2) is 10.0 Å². The molecule has 0 radical (unpaired) electrons. The largest absolute Gasteiger partial charge is 0.486 e. The maximum atomic E-state index is 13.6. The van der Waals surface area contributed by atoms with E-state index in [0.29, 0.717) is 11.1 Å². The molecule has 2 rings (SSSR count). The Bertz CT molecular complexity index is 630. The third-order valence-electron chi connectivity index (χ3n) is 2.69. The fraction of sp³-hybridized carbons (Fsp3) is 0.143. The first-order valence-corrected chi connectivity index (χ1v) is 5.85. The number of ether oxygens (including phenoxy) is 1. The topological polar surface area (TPSA) is 72.6 Å². The maximum Gasteiger partial charge on any atom is 0.269 e. The zero-order valence-electron chi connectivity index (χ0n) is 10.5. The minimum atomic E-state index is -0.581. The van der Waals surface area contributed by atoms with Crippen molar-refractivity contribution in [1.82, 2.24) is 0 Å². The van der Waals surface area contributed by atoms with Crippen molar-refractivity contribution >= 4 is 5.69 Å². The molecular formula is C14H12FNO4. The summed E-state index contributed by atoms with van der Waals surface area (Å²) in [4.78, 5) is 10.1. The van der Waals surface area contributed by atoms with Gasteiger partial charge in [-0.05, 0) is 23.3 Å². The molecule has 6 heteroatoms. The van der Waals surface area contributed by atoms with Gasteiger partial charge >= 0.3 is 0 Å². The molecule has 0 bridgehead atoms. The number of aliphatic hydroxyl groups excluding tert-OH is 1. The Morgan fingerprint density at radius 2 is 2.00 bits per heavy atom. The lowest BCUT2D eigenvalue weighted by molar-refractivity contribution is -0.384. The number of nitro groups is 1. The Balaban J connectivity index is 2.09. The van der Waals surface area contributed by atoms with Gasteiger partial charge in [0.15, 0.2) is 11.6 Å².